The molecular formula is C22H18N4O4. The molecule has 3 aromatic heterocycles. The van der Waals surface area contributed by atoms with Crippen LogP contribution in [0.2, 0.25) is 0 Å². The van der Waals surface area contributed by atoms with Gasteiger partial charge in [-0.1, -0.05) is 12.1 Å². The van der Waals surface area contributed by atoms with Crippen molar-refractivity contribution in [3.8, 4) is 5.69 Å². The fourth-order valence-corrected chi connectivity index (χ4v) is 3.46. The van der Waals surface area contributed by atoms with Gasteiger partial charge in [0.1, 0.15) is 0 Å². The summed E-state index contributed by atoms with van der Waals surface area (Å²) in [6.07, 6.45) is 4.70. The van der Waals surface area contributed by atoms with Crippen molar-refractivity contribution in [2.24, 2.45) is 0 Å². The Morgan fingerprint density at radius 1 is 1.00 bits per heavy atom. The van der Waals surface area contributed by atoms with E-state index in [2.05, 4.69) is 9.97 Å². The van der Waals surface area contributed by atoms with Gasteiger partial charge < -0.3 is 4.74 Å². The van der Waals surface area contributed by atoms with Gasteiger partial charge in [0.15, 0.2) is 5.65 Å². The number of hydrogen-bond acceptors (Lipinski definition) is 6. The fraction of sp³-hybridized carbons (Fsp3) is 0.136. The van der Waals surface area contributed by atoms with Crippen molar-refractivity contribution < 1.29 is 9.53 Å². The lowest BCUT2D eigenvalue weighted by Crippen LogP contribution is -2.42. The fourth-order valence-electron chi connectivity index (χ4n) is 3.46. The molecule has 1 unspecified atom stereocenters. The van der Waals surface area contributed by atoms with E-state index in [9.17, 15) is 14.4 Å². The molecule has 0 saturated carbocycles. The van der Waals surface area contributed by atoms with Crippen LogP contribution in [0.15, 0.2) is 76.7 Å². The molecular weight excluding hydrogens is 384 g/mol. The van der Waals surface area contributed by atoms with Crippen molar-refractivity contribution in [3.05, 3.63) is 99.1 Å². The lowest BCUT2D eigenvalue weighted by Gasteiger charge is -2.19. The third-order valence-electron chi connectivity index (χ3n) is 4.97. The molecule has 0 aliphatic rings. The maximum atomic E-state index is 13.6. The first kappa shape index (κ1) is 19.3. The lowest BCUT2D eigenvalue weighted by molar-refractivity contribution is 0.0600. The van der Waals surface area contributed by atoms with Gasteiger partial charge in [-0.2, -0.15) is 0 Å². The van der Waals surface area contributed by atoms with E-state index in [4.69, 9.17) is 4.74 Å². The maximum Gasteiger partial charge on any atom is 0.339 e. The molecule has 0 spiro atoms. The summed E-state index contributed by atoms with van der Waals surface area (Å²) in [5, 5.41) is 0.262. The van der Waals surface area contributed by atoms with Gasteiger partial charge in [0.25, 0.3) is 5.56 Å². The molecule has 1 atom stereocenters. The number of methoxy groups -OCH3 is 1. The summed E-state index contributed by atoms with van der Waals surface area (Å²) in [7, 11) is 1.27. The summed E-state index contributed by atoms with van der Waals surface area (Å²) in [6.45, 7) is 1.76. The SMILES string of the molecule is COC(=O)c1ccccc1-n1c(=O)n(C(C)c2ccncc2)c(=O)c2cccnc21. The topological polar surface area (TPSA) is 96.1 Å². The first-order valence-electron chi connectivity index (χ1n) is 9.24. The summed E-state index contributed by atoms with van der Waals surface area (Å²) < 4.78 is 7.31. The minimum Gasteiger partial charge on any atom is -0.465 e. The molecule has 0 bridgehead atoms. The van der Waals surface area contributed by atoms with Gasteiger partial charge >= 0.3 is 11.7 Å². The van der Waals surface area contributed by atoms with E-state index >= 15 is 0 Å². The molecule has 0 aliphatic heterocycles. The highest BCUT2D eigenvalue weighted by atomic mass is 16.5. The van der Waals surface area contributed by atoms with E-state index in [1.54, 1.807) is 67.8 Å². The molecule has 1 aromatic carbocycles. The maximum absolute atomic E-state index is 13.6. The van der Waals surface area contributed by atoms with Gasteiger partial charge in [-0.25, -0.2) is 19.1 Å². The Kier molecular flexibility index (Phi) is 4.97. The second-order valence-corrected chi connectivity index (χ2v) is 6.63. The van der Waals surface area contributed by atoms with Crippen LogP contribution in [0.4, 0.5) is 0 Å². The molecule has 30 heavy (non-hydrogen) atoms. The van der Waals surface area contributed by atoms with Crippen molar-refractivity contribution in [1.29, 1.82) is 0 Å². The van der Waals surface area contributed by atoms with E-state index < -0.39 is 23.3 Å². The molecule has 0 fully saturated rings. The Hall–Kier alpha value is -4.07. The average molecular weight is 402 g/mol. The normalized spacial score (nSPS) is 11.9. The zero-order valence-electron chi connectivity index (χ0n) is 16.4. The van der Waals surface area contributed by atoms with Gasteiger partial charge in [-0.05, 0) is 48.9 Å². The molecule has 0 amide bonds. The first-order valence-corrected chi connectivity index (χ1v) is 9.24. The number of rotatable bonds is 4. The summed E-state index contributed by atoms with van der Waals surface area (Å²) in [5.74, 6) is -0.596. The van der Waals surface area contributed by atoms with Crippen LogP contribution in [0.5, 0.6) is 0 Å². The van der Waals surface area contributed by atoms with Gasteiger partial charge in [0.05, 0.1) is 29.8 Å². The molecule has 150 valence electrons. The Labute approximate surface area is 171 Å². The van der Waals surface area contributed by atoms with E-state index in [0.717, 1.165) is 10.1 Å². The zero-order valence-corrected chi connectivity index (χ0v) is 16.4. The molecule has 3 heterocycles. The number of nitrogens with zero attached hydrogens (tertiary/aromatic N) is 4. The second-order valence-electron chi connectivity index (χ2n) is 6.63. The molecule has 0 saturated heterocycles. The number of fused-ring (bicyclic) bond motifs is 1. The summed E-state index contributed by atoms with van der Waals surface area (Å²) >= 11 is 0. The van der Waals surface area contributed by atoms with Crippen LogP contribution in [-0.4, -0.2) is 32.2 Å². The highest BCUT2D eigenvalue weighted by Crippen LogP contribution is 2.19. The van der Waals surface area contributed by atoms with Crippen LogP contribution >= 0.6 is 0 Å². The number of carbonyl (C=O) groups excluding carboxylic acids is 1. The van der Waals surface area contributed by atoms with E-state index in [0.29, 0.717) is 0 Å². The number of benzene rings is 1. The monoisotopic (exact) mass is 402 g/mol. The van der Waals surface area contributed by atoms with Gasteiger partial charge in [0, 0.05) is 18.6 Å². The minimum atomic E-state index is -0.605. The smallest absolute Gasteiger partial charge is 0.339 e. The molecule has 0 aliphatic carbocycles. The van der Waals surface area contributed by atoms with Crippen LogP contribution < -0.4 is 11.2 Å². The van der Waals surface area contributed by atoms with Crippen LogP contribution in [0.25, 0.3) is 16.7 Å². The van der Waals surface area contributed by atoms with Crippen LogP contribution in [0.1, 0.15) is 28.9 Å². The van der Waals surface area contributed by atoms with Crippen LogP contribution in [-0.2, 0) is 4.74 Å². The number of aromatic nitrogens is 4. The van der Waals surface area contributed by atoms with Crippen molar-refractivity contribution in [1.82, 2.24) is 19.1 Å². The predicted molar refractivity (Wildman–Crippen MR) is 111 cm³/mol. The second kappa shape index (κ2) is 7.75. The van der Waals surface area contributed by atoms with Crippen LogP contribution in [0.3, 0.4) is 0 Å². The predicted octanol–water partition coefficient (Wildman–Crippen LogP) is 2.34. The Balaban J connectivity index is 2.11. The van der Waals surface area contributed by atoms with Gasteiger partial charge in [-0.3, -0.25) is 14.3 Å². The molecule has 8 nitrogen and oxygen atoms in total. The Bertz CT molecular complexity index is 1360. The van der Waals surface area contributed by atoms with Crippen molar-refractivity contribution in [3.63, 3.8) is 0 Å². The average Bonchev–Trinajstić information content (AvgIpc) is 2.79. The van der Waals surface area contributed by atoms with Crippen molar-refractivity contribution in [2.75, 3.05) is 7.11 Å². The standard InChI is InChI=1S/C22H18N4O4/c1-14(15-9-12-23-13-10-15)25-20(27)17-7-5-11-24-19(17)26(22(25)29)18-8-4-3-6-16(18)21(28)30-2/h3-14H,1-2H3. The highest BCUT2D eigenvalue weighted by Gasteiger charge is 2.22. The Morgan fingerprint density at radius 3 is 2.47 bits per heavy atom. The van der Waals surface area contributed by atoms with E-state index in [-0.39, 0.29) is 22.3 Å². The van der Waals surface area contributed by atoms with Crippen molar-refractivity contribution >= 4 is 17.0 Å². The van der Waals surface area contributed by atoms with E-state index in [1.165, 1.54) is 17.9 Å². The lowest BCUT2D eigenvalue weighted by atomic mass is 10.1. The number of carbonyl (C=O) groups is 1. The number of hydrogen-bond donors (Lipinski definition) is 0. The molecule has 0 N–H and O–H groups in total. The van der Waals surface area contributed by atoms with Gasteiger partial charge in [-0.15, -0.1) is 0 Å². The third kappa shape index (κ3) is 3.08. The molecule has 4 rings (SSSR count). The Morgan fingerprint density at radius 2 is 1.73 bits per heavy atom. The highest BCUT2D eigenvalue weighted by molar-refractivity contribution is 5.94. The van der Waals surface area contributed by atoms with E-state index in [1.807, 2.05) is 0 Å². The summed E-state index contributed by atoms with van der Waals surface area (Å²) in [6, 6.07) is 12.7. The number of para-hydroxylation sites is 1. The number of pyridine rings is 2. The summed E-state index contributed by atoms with van der Waals surface area (Å²) in [4.78, 5) is 47.4. The first-order chi connectivity index (χ1) is 14.5. The molecule has 8 heteroatoms. The van der Waals surface area contributed by atoms with Crippen molar-refractivity contribution in [2.45, 2.75) is 13.0 Å². The minimum absolute atomic E-state index is 0.169. The third-order valence-corrected chi connectivity index (χ3v) is 4.97. The van der Waals surface area contributed by atoms with Crippen LogP contribution in [0, 0.1) is 0 Å². The zero-order chi connectivity index (χ0) is 21.3. The molecule has 0 radical (unpaired) electrons. The van der Waals surface area contributed by atoms with Gasteiger partial charge in [0.2, 0.25) is 0 Å². The quantitative estimate of drug-likeness (QED) is 0.486. The number of ether oxygens (including phenoxy) is 1. The largest absolute Gasteiger partial charge is 0.465 e. The summed E-state index contributed by atoms with van der Waals surface area (Å²) in [5.41, 5.74) is 0.331. The number of esters is 1. The molecule has 4 aromatic rings.